The summed E-state index contributed by atoms with van der Waals surface area (Å²) in [6.45, 7) is 2.83. The van der Waals surface area contributed by atoms with Crippen molar-refractivity contribution in [2.45, 2.75) is 19.8 Å². The Balaban J connectivity index is 1.62. The van der Waals surface area contributed by atoms with Crippen LogP contribution in [-0.4, -0.2) is 39.1 Å². The summed E-state index contributed by atoms with van der Waals surface area (Å²) in [5.74, 6) is 0.363. The van der Waals surface area contributed by atoms with Gasteiger partial charge in [0.25, 0.3) is 11.8 Å². The molecule has 7 nitrogen and oxygen atoms in total. The van der Waals surface area contributed by atoms with Gasteiger partial charge in [-0.3, -0.25) is 20.4 Å². The summed E-state index contributed by atoms with van der Waals surface area (Å²) < 4.78 is 10.6. The van der Waals surface area contributed by atoms with Crippen LogP contribution in [0.25, 0.3) is 0 Å². The van der Waals surface area contributed by atoms with Gasteiger partial charge in [0.05, 0.1) is 20.8 Å². The van der Waals surface area contributed by atoms with Crippen LogP contribution in [-0.2, 0) is 11.2 Å². The third-order valence-corrected chi connectivity index (χ3v) is 4.87. The minimum Gasteiger partial charge on any atom is -0.496 e. The lowest BCUT2D eigenvalue weighted by Crippen LogP contribution is -2.47. The average Bonchev–Trinajstić information content (AvgIpc) is 2.72. The Hall–Kier alpha value is -3.22. The molecule has 0 unspecified atom stereocenters. The zero-order valence-electron chi connectivity index (χ0n) is 16.4. The molecule has 1 heterocycles. The summed E-state index contributed by atoms with van der Waals surface area (Å²) in [5, 5.41) is 0. The van der Waals surface area contributed by atoms with Crippen LogP contribution in [0.2, 0.25) is 0 Å². The molecule has 3 rings (SSSR count). The van der Waals surface area contributed by atoms with Crippen molar-refractivity contribution in [3.05, 3.63) is 53.1 Å². The summed E-state index contributed by atoms with van der Waals surface area (Å²) in [4.78, 5) is 26.8. The van der Waals surface area contributed by atoms with Gasteiger partial charge in [0, 0.05) is 23.4 Å². The molecule has 0 saturated heterocycles. The number of rotatable bonds is 5. The highest BCUT2D eigenvalue weighted by Gasteiger charge is 2.19. The van der Waals surface area contributed by atoms with Crippen molar-refractivity contribution in [3.63, 3.8) is 0 Å². The summed E-state index contributed by atoms with van der Waals surface area (Å²) in [7, 11) is 3.06. The fourth-order valence-electron chi connectivity index (χ4n) is 3.40. The topological polar surface area (TPSA) is 79.9 Å². The van der Waals surface area contributed by atoms with Gasteiger partial charge in [0.2, 0.25) is 0 Å². The van der Waals surface area contributed by atoms with Crippen molar-refractivity contribution in [2.75, 3.05) is 32.2 Å². The lowest BCUT2D eigenvalue weighted by Gasteiger charge is -2.30. The molecule has 0 atom stereocenters. The molecular formula is C21H25N3O4. The molecule has 0 spiro atoms. The van der Waals surface area contributed by atoms with E-state index in [-0.39, 0.29) is 12.5 Å². The number of methoxy groups -OCH3 is 2. The molecule has 0 fully saturated rings. The molecule has 2 amide bonds. The fraction of sp³-hybridized carbons (Fsp3) is 0.333. The van der Waals surface area contributed by atoms with E-state index < -0.39 is 5.91 Å². The number of para-hydroxylation sites is 1. The fourth-order valence-corrected chi connectivity index (χ4v) is 3.40. The van der Waals surface area contributed by atoms with Crippen molar-refractivity contribution in [2.24, 2.45) is 0 Å². The molecule has 7 heteroatoms. The zero-order valence-corrected chi connectivity index (χ0v) is 16.4. The quantitative estimate of drug-likeness (QED) is 0.774. The Bertz CT molecular complexity index is 857. The van der Waals surface area contributed by atoms with Crippen LogP contribution in [0.4, 0.5) is 5.69 Å². The van der Waals surface area contributed by atoms with E-state index in [9.17, 15) is 9.59 Å². The molecule has 1 aliphatic heterocycles. The van der Waals surface area contributed by atoms with Gasteiger partial charge in [-0.15, -0.1) is 0 Å². The molecule has 0 saturated carbocycles. The smallest absolute Gasteiger partial charge is 0.269 e. The minimum atomic E-state index is -0.441. The largest absolute Gasteiger partial charge is 0.496 e. The second kappa shape index (κ2) is 8.65. The Morgan fingerprint density at radius 1 is 1.07 bits per heavy atom. The van der Waals surface area contributed by atoms with Crippen LogP contribution in [0.1, 0.15) is 27.9 Å². The molecule has 28 heavy (non-hydrogen) atoms. The van der Waals surface area contributed by atoms with Crippen LogP contribution >= 0.6 is 0 Å². The van der Waals surface area contributed by atoms with Crippen molar-refractivity contribution < 1.29 is 19.1 Å². The molecule has 0 radical (unpaired) electrons. The number of amides is 2. The Labute approximate surface area is 164 Å². The van der Waals surface area contributed by atoms with E-state index in [0.29, 0.717) is 17.1 Å². The first-order valence-corrected chi connectivity index (χ1v) is 9.18. The number of nitrogens with zero attached hydrogens (tertiary/aromatic N) is 1. The van der Waals surface area contributed by atoms with Gasteiger partial charge >= 0.3 is 0 Å². The lowest BCUT2D eigenvalue weighted by atomic mass is 10.0. The molecule has 0 bridgehead atoms. The minimum absolute atomic E-state index is 0.178. The third kappa shape index (κ3) is 4.19. The normalized spacial score (nSPS) is 12.8. The van der Waals surface area contributed by atoms with E-state index in [2.05, 4.69) is 16.9 Å². The molecule has 148 valence electrons. The van der Waals surface area contributed by atoms with E-state index in [1.54, 1.807) is 12.1 Å². The standard InChI is InChI=1S/C21H25N3O4/c1-14-18(27-2)11-16(12-19(14)28-3)21(26)23-22-20(25)13-24-10-6-8-15-7-4-5-9-17(15)24/h4-5,7,9,11-12H,6,8,10,13H2,1-3H3,(H,22,25)(H,23,26). The molecule has 0 aromatic heterocycles. The number of hydrogen-bond donors (Lipinski definition) is 2. The first kappa shape index (κ1) is 19.5. The summed E-state index contributed by atoms with van der Waals surface area (Å²) >= 11 is 0. The van der Waals surface area contributed by atoms with E-state index in [4.69, 9.17) is 9.47 Å². The van der Waals surface area contributed by atoms with E-state index in [1.165, 1.54) is 19.8 Å². The van der Waals surface area contributed by atoms with E-state index in [0.717, 1.165) is 30.6 Å². The van der Waals surface area contributed by atoms with Crippen LogP contribution in [0, 0.1) is 6.92 Å². The van der Waals surface area contributed by atoms with Gasteiger partial charge in [-0.25, -0.2) is 0 Å². The van der Waals surface area contributed by atoms with Crippen LogP contribution in [0.15, 0.2) is 36.4 Å². The first-order chi connectivity index (χ1) is 13.5. The lowest BCUT2D eigenvalue weighted by molar-refractivity contribution is -0.120. The monoisotopic (exact) mass is 383 g/mol. The maximum absolute atomic E-state index is 12.4. The Morgan fingerprint density at radius 3 is 2.43 bits per heavy atom. The van der Waals surface area contributed by atoms with Gasteiger partial charge < -0.3 is 14.4 Å². The number of carbonyl (C=O) groups is 2. The Morgan fingerprint density at radius 2 is 1.75 bits per heavy atom. The SMILES string of the molecule is COc1cc(C(=O)NNC(=O)CN2CCCc3ccccc32)cc(OC)c1C. The van der Waals surface area contributed by atoms with Crippen LogP contribution < -0.4 is 25.2 Å². The van der Waals surface area contributed by atoms with E-state index >= 15 is 0 Å². The third-order valence-electron chi connectivity index (χ3n) is 4.87. The average molecular weight is 383 g/mol. The maximum Gasteiger partial charge on any atom is 0.269 e. The van der Waals surface area contributed by atoms with Crippen LogP contribution in [0.3, 0.4) is 0 Å². The number of nitrogens with one attached hydrogen (secondary N) is 2. The second-order valence-corrected chi connectivity index (χ2v) is 6.66. The second-order valence-electron chi connectivity index (χ2n) is 6.66. The summed E-state index contributed by atoms with van der Waals surface area (Å²) in [6.07, 6.45) is 2.02. The predicted octanol–water partition coefficient (Wildman–Crippen LogP) is 2.23. The van der Waals surface area contributed by atoms with E-state index in [1.807, 2.05) is 30.0 Å². The summed E-state index contributed by atoms with van der Waals surface area (Å²) in [6, 6.07) is 11.3. The number of carbonyl (C=O) groups excluding carboxylic acids is 2. The molecule has 2 N–H and O–H groups in total. The highest BCUT2D eigenvalue weighted by atomic mass is 16.5. The molecule has 2 aromatic carbocycles. The van der Waals surface area contributed by atoms with Crippen molar-refractivity contribution in [1.82, 2.24) is 10.9 Å². The van der Waals surface area contributed by atoms with Crippen molar-refractivity contribution in [3.8, 4) is 11.5 Å². The molecule has 1 aliphatic rings. The van der Waals surface area contributed by atoms with Gasteiger partial charge in [0.1, 0.15) is 11.5 Å². The predicted molar refractivity (Wildman–Crippen MR) is 107 cm³/mol. The number of ether oxygens (including phenoxy) is 2. The van der Waals surface area contributed by atoms with Crippen molar-refractivity contribution in [1.29, 1.82) is 0 Å². The zero-order chi connectivity index (χ0) is 20.1. The number of aryl methyl sites for hydroxylation is 1. The number of hydrazine groups is 1. The van der Waals surface area contributed by atoms with Gasteiger partial charge in [-0.2, -0.15) is 0 Å². The molecule has 0 aliphatic carbocycles. The first-order valence-electron chi connectivity index (χ1n) is 9.18. The van der Waals surface area contributed by atoms with Gasteiger partial charge in [-0.1, -0.05) is 18.2 Å². The number of hydrogen-bond acceptors (Lipinski definition) is 5. The summed E-state index contributed by atoms with van der Waals surface area (Å²) in [5.41, 5.74) is 8.39. The molecular weight excluding hydrogens is 358 g/mol. The number of fused-ring (bicyclic) bond motifs is 1. The Kier molecular flexibility index (Phi) is 6.03. The maximum atomic E-state index is 12.4. The van der Waals surface area contributed by atoms with Gasteiger partial charge in [-0.05, 0) is 43.5 Å². The van der Waals surface area contributed by atoms with Gasteiger partial charge in [0.15, 0.2) is 0 Å². The highest BCUT2D eigenvalue weighted by molar-refractivity contribution is 5.96. The number of benzene rings is 2. The highest BCUT2D eigenvalue weighted by Crippen LogP contribution is 2.29. The molecule has 2 aromatic rings. The van der Waals surface area contributed by atoms with Crippen molar-refractivity contribution >= 4 is 17.5 Å². The number of anilines is 1. The van der Waals surface area contributed by atoms with Crippen LogP contribution in [0.5, 0.6) is 11.5 Å².